The average Bonchev–Trinajstić information content (AvgIpc) is 2.49. The molecule has 2 amide bonds. The van der Waals surface area contributed by atoms with Crippen molar-refractivity contribution in [3.05, 3.63) is 23.9 Å². The monoisotopic (exact) mass is 305 g/mol. The number of nitrogens with two attached hydrogens (primary N) is 2. The highest BCUT2D eigenvalue weighted by Gasteiger charge is 2.24. The minimum absolute atomic E-state index is 0.000976. The Morgan fingerprint density at radius 2 is 1.77 bits per heavy atom. The number of nitrogens with one attached hydrogen (secondary N) is 2. The molecule has 0 saturated heterocycles. The first-order valence-corrected chi connectivity index (χ1v) is 7.61. The van der Waals surface area contributed by atoms with E-state index >= 15 is 0 Å². The van der Waals surface area contributed by atoms with Gasteiger partial charge < -0.3 is 22.1 Å². The number of hydrogen-bond acceptors (Lipinski definition) is 5. The second-order valence-corrected chi connectivity index (χ2v) is 5.58. The number of anilines is 1. The summed E-state index contributed by atoms with van der Waals surface area (Å²) in [5.74, 6) is 0.126. The molecule has 1 aromatic heterocycles. The quantitative estimate of drug-likeness (QED) is 0.617. The molecule has 2 rings (SSSR count). The Morgan fingerprint density at radius 3 is 2.36 bits per heavy atom. The highest BCUT2D eigenvalue weighted by molar-refractivity contribution is 5.92. The van der Waals surface area contributed by atoms with E-state index in [2.05, 4.69) is 15.6 Å². The van der Waals surface area contributed by atoms with Crippen LogP contribution in [0.3, 0.4) is 0 Å². The Hall–Kier alpha value is -2.15. The normalized spacial score (nSPS) is 21.1. The molecule has 6 N–H and O–H groups in total. The number of pyridine rings is 1. The molecule has 0 unspecified atom stereocenters. The lowest BCUT2D eigenvalue weighted by Gasteiger charge is -2.29. The van der Waals surface area contributed by atoms with E-state index in [1.807, 2.05) is 0 Å². The highest BCUT2D eigenvalue weighted by atomic mass is 16.2. The van der Waals surface area contributed by atoms with Crippen LogP contribution in [0.5, 0.6) is 0 Å². The van der Waals surface area contributed by atoms with Crippen LogP contribution in [0, 0.1) is 0 Å². The van der Waals surface area contributed by atoms with Crippen LogP contribution in [-0.4, -0.2) is 35.4 Å². The molecule has 22 heavy (non-hydrogen) atoms. The standard InChI is InChI=1S/C15H23N5O2/c16-9-8-14(21)18-10-4-6-11(7-5-10)19-15(22)12-2-1-3-13(17)20-12/h1-3,10-11H,4-9,16H2,(H2,17,20)(H,18,21)(H,19,22)/t10-,11-. The summed E-state index contributed by atoms with van der Waals surface area (Å²) in [6.07, 6.45) is 3.73. The fraction of sp³-hybridized carbons (Fsp3) is 0.533. The Morgan fingerprint density at radius 1 is 1.14 bits per heavy atom. The van der Waals surface area contributed by atoms with E-state index in [-0.39, 0.29) is 23.9 Å². The lowest BCUT2D eigenvalue weighted by molar-refractivity contribution is -0.121. The molecule has 7 heteroatoms. The third kappa shape index (κ3) is 4.70. The molecule has 1 aliphatic rings. The molecule has 1 heterocycles. The third-order valence-corrected chi connectivity index (χ3v) is 3.80. The minimum Gasteiger partial charge on any atom is -0.384 e. The average molecular weight is 305 g/mol. The molecule has 7 nitrogen and oxygen atoms in total. The molecule has 1 saturated carbocycles. The van der Waals surface area contributed by atoms with Gasteiger partial charge in [0, 0.05) is 25.0 Å². The number of aromatic nitrogens is 1. The number of nitrogen functional groups attached to an aromatic ring is 1. The van der Waals surface area contributed by atoms with Crippen LogP contribution in [0.4, 0.5) is 5.82 Å². The Balaban J connectivity index is 1.77. The first-order chi connectivity index (χ1) is 10.6. The van der Waals surface area contributed by atoms with E-state index in [0.717, 1.165) is 25.7 Å². The number of hydrogen-bond donors (Lipinski definition) is 4. The molecule has 0 aromatic carbocycles. The van der Waals surface area contributed by atoms with Crippen molar-refractivity contribution in [1.29, 1.82) is 0 Å². The van der Waals surface area contributed by atoms with E-state index in [1.54, 1.807) is 18.2 Å². The molecule has 0 atom stereocenters. The van der Waals surface area contributed by atoms with Gasteiger partial charge in [-0.2, -0.15) is 0 Å². The van der Waals surface area contributed by atoms with Gasteiger partial charge in [0.15, 0.2) is 0 Å². The van der Waals surface area contributed by atoms with Gasteiger partial charge in [-0.3, -0.25) is 9.59 Å². The van der Waals surface area contributed by atoms with Crippen molar-refractivity contribution in [3.63, 3.8) is 0 Å². The van der Waals surface area contributed by atoms with E-state index in [9.17, 15) is 9.59 Å². The Labute approximate surface area is 129 Å². The van der Waals surface area contributed by atoms with Gasteiger partial charge in [-0.1, -0.05) is 6.07 Å². The lowest BCUT2D eigenvalue weighted by Crippen LogP contribution is -2.44. The van der Waals surface area contributed by atoms with E-state index < -0.39 is 0 Å². The molecule has 0 bridgehead atoms. The summed E-state index contributed by atoms with van der Waals surface area (Å²) in [6.45, 7) is 0.366. The maximum atomic E-state index is 12.1. The molecule has 1 fully saturated rings. The van der Waals surface area contributed by atoms with Crippen LogP contribution in [0.1, 0.15) is 42.6 Å². The van der Waals surface area contributed by atoms with Crippen molar-refractivity contribution in [2.45, 2.75) is 44.2 Å². The summed E-state index contributed by atoms with van der Waals surface area (Å²) >= 11 is 0. The molecule has 120 valence electrons. The van der Waals surface area contributed by atoms with Gasteiger partial charge in [0.2, 0.25) is 5.91 Å². The van der Waals surface area contributed by atoms with E-state index in [0.29, 0.717) is 24.5 Å². The predicted molar refractivity (Wildman–Crippen MR) is 84.0 cm³/mol. The summed E-state index contributed by atoms with van der Waals surface area (Å²) in [7, 11) is 0. The van der Waals surface area contributed by atoms with Crippen molar-refractivity contribution in [2.24, 2.45) is 5.73 Å². The van der Waals surface area contributed by atoms with Gasteiger partial charge in [-0.05, 0) is 37.8 Å². The largest absolute Gasteiger partial charge is 0.384 e. The first kappa shape index (κ1) is 16.2. The molecule has 1 aliphatic carbocycles. The molecule has 0 aliphatic heterocycles. The summed E-state index contributed by atoms with van der Waals surface area (Å²) in [5.41, 5.74) is 11.3. The summed E-state index contributed by atoms with van der Waals surface area (Å²) in [5, 5.41) is 5.94. The number of carbonyl (C=O) groups is 2. The van der Waals surface area contributed by atoms with Crippen molar-refractivity contribution < 1.29 is 9.59 Å². The van der Waals surface area contributed by atoms with Gasteiger partial charge in [-0.25, -0.2) is 4.98 Å². The van der Waals surface area contributed by atoms with Gasteiger partial charge in [0.1, 0.15) is 11.5 Å². The van der Waals surface area contributed by atoms with Crippen LogP contribution in [0.25, 0.3) is 0 Å². The van der Waals surface area contributed by atoms with Crippen LogP contribution < -0.4 is 22.1 Å². The fourth-order valence-electron chi connectivity index (χ4n) is 2.65. The van der Waals surface area contributed by atoms with Gasteiger partial charge in [0.05, 0.1) is 0 Å². The number of carbonyl (C=O) groups excluding carboxylic acids is 2. The van der Waals surface area contributed by atoms with Gasteiger partial charge >= 0.3 is 0 Å². The summed E-state index contributed by atoms with van der Waals surface area (Å²) < 4.78 is 0. The Kier molecular flexibility index (Phi) is 5.71. The summed E-state index contributed by atoms with van der Waals surface area (Å²) in [4.78, 5) is 27.6. The number of amides is 2. The topological polar surface area (TPSA) is 123 Å². The van der Waals surface area contributed by atoms with Crippen LogP contribution in [0.2, 0.25) is 0 Å². The van der Waals surface area contributed by atoms with Crippen molar-refractivity contribution in [2.75, 3.05) is 12.3 Å². The highest BCUT2D eigenvalue weighted by Crippen LogP contribution is 2.19. The zero-order valence-corrected chi connectivity index (χ0v) is 12.5. The van der Waals surface area contributed by atoms with Crippen molar-refractivity contribution in [1.82, 2.24) is 15.6 Å². The van der Waals surface area contributed by atoms with Crippen molar-refractivity contribution >= 4 is 17.6 Å². The maximum Gasteiger partial charge on any atom is 0.270 e. The first-order valence-electron chi connectivity index (χ1n) is 7.61. The smallest absolute Gasteiger partial charge is 0.270 e. The van der Waals surface area contributed by atoms with E-state index in [1.165, 1.54) is 0 Å². The maximum absolute atomic E-state index is 12.1. The SMILES string of the molecule is NCCC(=O)N[C@H]1CC[C@H](NC(=O)c2cccc(N)n2)CC1. The second kappa shape index (κ2) is 7.74. The molecule has 0 spiro atoms. The minimum atomic E-state index is -0.206. The van der Waals surface area contributed by atoms with Gasteiger partial charge in [0.25, 0.3) is 5.91 Å². The molecule has 0 radical (unpaired) electrons. The third-order valence-electron chi connectivity index (χ3n) is 3.80. The van der Waals surface area contributed by atoms with Crippen LogP contribution in [-0.2, 0) is 4.79 Å². The van der Waals surface area contributed by atoms with Gasteiger partial charge in [-0.15, -0.1) is 0 Å². The zero-order chi connectivity index (χ0) is 15.9. The molecular formula is C15H23N5O2. The molecule has 1 aromatic rings. The fourth-order valence-corrected chi connectivity index (χ4v) is 2.65. The predicted octanol–water partition coefficient (Wildman–Crippen LogP) is 0.170. The van der Waals surface area contributed by atoms with Crippen LogP contribution in [0.15, 0.2) is 18.2 Å². The Bertz CT molecular complexity index is 526. The van der Waals surface area contributed by atoms with E-state index in [4.69, 9.17) is 11.5 Å². The molecular weight excluding hydrogens is 282 g/mol. The second-order valence-electron chi connectivity index (χ2n) is 5.58. The summed E-state index contributed by atoms with van der Waals surface area (Å²) in [6, 6.07) is 5.29. The van der Waals surface area contributed by atoms with Crippen molar-refractivity contribution in [3.8, 4) is 0 Å². The van der Waals surface area contributed by atoms with Crippen LogP contribution >= 0.6 is 0 Å². The number of rotatable bonds is 5. The lowest BCUT2D eigenvalue weighted by atomic mass is 9.91. The zero-order valence-electron chi connectivity index (χ0n) is 12.5. The number of nitrogens with zero attached hydrogens (tertiary/aromatic N) is 1.